The number of nitrogens with one attached hydrogen (secondary N) is 1. The fourth-order valence-electron chi connectivity index (χ4n) is 1.70. The highest BCUT2D eigenvalue weighted by molar-refractivity contribution is 5.76. The van der Waals surface area contributed by atoms with Crippen LogP contribution in [0.15, 0.2) is 24.3 Å². The first-order valence-corrected chi connectivity index (χ1v) is 6.26. The quantitative estimate of drug-likeness (QED) is 0.734. The first-order chi connectivity index (χ1) is 8.27. The fourth-order valence-corrected chi connectivity index (χ4v) is 1.70. The molecule has 17 heavy (non-hydrogen) atoms. The van der Waals surface area contributed by atoms with Gasteiger partial charge in [0.1, 0.15) is 0 Å². The summed E-state index contributed by atoms with van der Waals surface area (Å²) in [5, 5.41) is 3.25. The molecule has 1 aromatic rings. The average molecular weight is 233 g/mol. The number of nitrogens with zero attached hydrogens (tertiary/aromatic N) is 1. The van der Waals surface area contributed by atoms with Crippen molar-refractivity contribution in [1.82, 2.24) is 4.90 Å². The van der Waals surface area contributed by atoms with Crippen LogP contribution in [0.3, 0.4) is 0 Å². The van der Waals surface area contributed by atoms with Crippen LogP contribution in [0, 0.1) is 6.07 Å². The lowest BCUT2D eigenvalue weighted by molar-refractivity contribution is -0.130. The molecule has 0 unspecified atom stereocenters. The fraction of sp³-hybridized carbons (Fsp3) is 0.500. The van der Waals surface area contributed by atoms with E-state index in [-0.39, 0.29) is 5.91 Å². The van der Waals surface area contributed by atoms with Crippen LogP contribution in [0.25, 0.3) is 0 Å². The van der Waals surface area contributed by atoms with Crippen LogP contribution < -0.4 is 5.32 Å². The smallest absolute Gasteiger partial charge is 0.222 e. The standard InChI is InChI=1S/C14H21N2O/c1-3-16(4-2)14(17)11-8-12-15-13-9-6-5-7-10-13/h5-7,9,15H,3-4,8,11-12H2,1-2H3. The Morgan fingerprint density at radius 1 is 1.35 bits per heavy atom. The normalized spacial score (nSPS) is 10.0. The van der Waals surface area contributed by atoms with Gasteiger partial charge in [-0.15, -0.1) is 0 Å². The van der Waals surface area contributed by atoms with Crippen LogP contribution in [0.5, 0.6) is 0 Å². The Morgan fingerprint density at radius 3 is 2.71 bits per heavy atom. The van der Waals surface area contributed by atoms with Crippen LogP contribution in [0.2, 0.25) is 0 Å². The molecule has 0 aliphatic heterocycles. The second-order valence-corrected chi connectivity index (χ2v) is 3.87. The minimum absolute atomic E-state index is 0.244. The molecule has 0 atom stereocenters. The Bertz CT molecular complexity index is 320. The van der Waals surface area contributed by atoms with Gasteiger partial charge in [-0.2, -0.15) is 0 Å². The molecular weight excluding hydrogens is 212 g/mol. The van der Waals surface area contributed by atoms with E-state index in [9.17, 15) is 4.79 Å². The molecule has 0 spiro atoms. The predicted octanol–water partition coefficient (Wildman–Crippen LogP) is 2.55. The highest BCUT2D eigenvalue weighted by Crippen LogP contribution is 2.04. The van der Waals surface area contributed by atoms with Crippen molar-refractivity contribution in [2.24, 2.45) is 0 Å². The highest BCUT2D eigenvalue weighted by atomic mass is 16.2. The van der Waals surface area contributed by atoms with Crippen molar-refractivity contribution < 1.29 is 4.79 Å². The van der Waals surface area contributed by atoms with Gasteiger partial charge in [-0.1, -0.05) is 18.2 Å². The van der Waals surface area contributed by atoms with Crippen LogP contribution in [0.1, 0.15) is 26.7 Å². The molecule has 0 heterocycles. The molecule has 0 aliphatic carbocycles. The molecule has 93 valence electrons. The maximum absolute atomic E-state index is 11.7. The first-order valence-electron chi connectivity index (χ1n) is 6.26. The average Bonchev–Trinajstić information content (AvgIpc) is 2.37. The minimum atomic E-state index is 0.244. The lowest BCUT2D eigenvalue weighted by Gasteiger charge is -2.18. The number of hydrogen-bond donors (Lipinski definition) is 1. The van der Waals surface area contributed by atoms with Gasteiger partial charge in [-0.25, -0.2) is 0 Å². The van der Waals surface area contributed by atoms with E-state index in [1.54, 1.807) is 0 Å². The lowest BCUT2D eigenvalue weighted by atomic mass is 10.2. The summed E-state index contributed by atoms with van der Waals surface area (Å²) in [5.41, 5.74) is 0.989. The maximum atomic E-state index is 11.7. The highest BCUT2D eigenvalue weighted by Gasteiger charge is 2.07. The summed E-state index contributed by atoms with van der Waals surface area (Å²) in [7, 11) is 0. The number of para-hydroxylation sites is 1. The Morgan fingerprint density at radius 2 is 2.12 bits per heavy atom. The van der Waals surface area contributed by atoms with Crippen molar-refractivity contribution in [2.75, 3.05) is 25.0 Å². The Hall–Kier alpha value is -1.51. The monoisotopic (exact) mass is 233 g/mol. The molecule has 0 fully saturated rings. The van der Waals surface area contributed by atoms with Gasteiger partial charge in [-0.05, 0) is 26.3 Å². The molecule has 0 bridgehead atoms. The van der Waals surface area contributed by atoms with Crippen LogP contribution in [0.4, 0.5) is 5.69 Å². The summed E-state index contributed by atoms with van der Waals surface area (Å²) in [5.74, 6) is 0.244. The van der Waals surface area contributed by atoms with Gasteiger partial charge >= 0.3 is 0 Å². The van der Waals surface area contributed by atoms with Gasteiger partial charge in [0.05, 0.1) is 0 Å². The molecule has 1 aromatic carbocycles. The first kappa shape index (κ1) is 13.6. The molecule has 1 N–H and O–H groups in total. The van der Waals surface area contributed by atoms with E-state index in [4.69, 9.17) is 0 Å². The zero-order valence-corrected chi connectivity index (χ0v) is 10.7. The summed E-state index contributed by atoms with van der Waals surface area (Å²) in [4.78, 5) is 13.6. The molecule has 0 saturated carbocycles. The van der Waals surface area contributed by atoms with E-state index in [0.29, 0.717) is 6.42 Å². The molecule has 1 rings (SSSR count). The van der Waals surface area contributed by atoms with Gasteiger partial charge in [0, 0.05) is 37.8 Å². The molecule has 3 heteroatoms. The van der Waals surface area contributed by atoms with Crippen molar-refractivity contribution in [3.05, 3.63) is 30.3 Å². The third-order valence-electron chi connectivity index (χ3n) is 2.71. The summed E-state index contributed by atoms with van der Waals surface area (Å²) in [6, 6.07) is 10.9. The molecule has 0 aromatic heterocycles. The van der Waals surface area contributed by atoms with Gasteiger partial charge in [0.2, 0.25) is 5.91 Å². The summed E-state index contributed by atoms with van der Waals surface area (Å²) in [6.45, 7) is 6.44. The van der Waals surface area contributed by atoms with E-state index in [2.05, 4.69) is 11.4 Å². The lowest BCUT2D eigenvalue weighted by Crippen LogP contribution is -2.30. The van der Waals surface area contributed by atoms with Gasteiger partial charge in [0.15, 0.2) is 0 Å². The summed E-state index contributed by atoms with van der Waals surface area (Å²) >= 11 is 0. The van der Waals surface area contributed by atoms with Crippen LogP contribution in [-0.4, -0.2) is 30.4 Å². The molecule has 1 radical (unpaired) electrons. The van der Waals surface area contributed by atoms with Gasteiger partial charge < -0.3 is 10.2 Å². The molecule has 3 nitrogen and oxygen atoms in total. The number of anilines is 1. The van der Waals surface area contributed by atoms with E-state index >= 15 is 0 Å². The number of carbonyl (C=O) groups is 1. The van der Waals surface area contributed by atoms with Crippen LogP contribution >= 0.6 is 0 Å². The van der Waals surface area contributed by atoms with Gasteiger partial charge in [-0.3, -0.25) is 4.79 Å². The third kappa shape index (κ3) is 4.89. The van der Waals surface area contributed by atoms with Crippen molar-refractivity contribution in [3.8, 4) is 0 Å². The molecule has 1 amide bonds. The van der Waals surface area contributed by atoms with Crippen molar-refractivity contribution in [2.45, 2.75) is 26.7 Å². The summed E-state index contributed by atoms with van der Waals surface area (Å²) < 4.78 is 0. The second-order valence-electron chi connectivity index (χ2n) is 3.87. The van der Waals surface area contributed by atoms with Crippen LogP contribution in [-0.2, 0) is 4.79 Å². The maximum Gasteiger partial charge on any atom is 0.222 e. The molecule has 0 aliphatic rings. The Balaban J connectivity index is 2.18. The number of carbonyl (C=O) groups excluding carboxylic acids is 1. The largest absolute Gasteiger partial charge is 0.385 e. The van der Waals surface area contributed by atoms with Crippen molar-refractivity contribution in [3.63, 3.8) is 0 Å². The van der Waals surface area contributed by atoms with E-state index in [0.717, 1.165) is 31.7 Å². The number of hydrogen-bond acceptors (Lipinski definition) is 2. The third-order valence-corrected chi connectivity index (χ3v) is 2.71. The summed E-state index contributed by atoms with van der Waals surface area (Å²) in [6.07, 6.45) is 1.47. The van der Waals surface area contributed by atoms with E-state index in [1.807, 2.05) is 43.0 Å². The van der Waals surface area contributed by atoms with Crippen molar-refractivity contribution >= 4 is 11.6 Å². The minimum Gasteiger partial charge on any atom is -0.385 e. The predicted molar refractivity (Wildman–Crippen MR) is 70.9 cm³/mol. The topological polar surface area (TPSA) is 32.3 Å². The molecule has 0 saturated heterocycles. The molecular formula is C14H21N2O. The van der Waals surface area contributed by atoms with E-state index < -0.39 is 0 Å². The van der Waals surface area contributed by atoms with Gasteiger partial charge in [0.25, 0.3) is 0 Å². The zero-order valence-electron chi connectivity index (χ0n) is 10.7. The Kier molecular flexibility index (Phi) is 6.15. The SMILES string of the molecule is CCN(CC)C(=O)CCCNc1[c]cccc1. The Labute approximate surface area is 104 Å². The van der Waals surface area contributed by atoms with Crippen molar-refractivity contribution in [1.29, 1.82) is 0 Å². The number of amides is 1. The second kappa shape index (κ2) is 7.71. The number of rotatable bonds is 7. The number of benzene rings is 1. The zero-order chi connectivity index (χ0) is 12.5. The van der Waals surface area contributed by atoms with E-state index in [1.165, 1.54) is 0 Å².